The molecular formula is C10H12N4O2S. The molecule has 2 aromatic rings. The minimum absolute atomic E-state index is 0.328. The van der Waals surface area contributed by atoms with Crippen molar-refractivity contribution in [3.05, 3.63) is 11.5 Å². The molecule has 0 aliphatic heterocycles. The van der Waals surface area contributed by atoms with Crippen LogP contribution in [0.15, 0.2) is 0 Å². The van der Waals surface area contributed by atoms with Gasteiger partial charge in [-0.2, -0.15) is 4.98 Å². The van der Waals surface area contributed by atoms with Crippen molar-refractivity contribution in [1.82, 2.24) is 15.0 Å². The van der Waals surface area contributed by atoms with Gasteiger partial charge in [-0.3, -0.25) is 5.32 Å². The quantitative estimate of drug-likeness (QED) is 0.887. The van der Waals surface area contributed by atoms with E-state index in [9.17, 15) is 4.79 Å². The molecule has 0 aliphatic carbocycles. The fourth-order valence-electron chi connectivity index (χ4n) is 1.40. The van der Waals surface area contributed by atoms with E-state index < -0.39 is 6.09 Å². The highest BCUT2D eigenvalue weighted by molar-refractivity contribution is 7.22. The number of anilines is 1. The van der Waals surface area contributed by atoms with Crippen LogP contribution in [0.1, 0.15) is 18.4 Å². The molecule has 0 fully saturated rings. The van der Waals surface area contributed by atoms with E-state index in [0.29, 0.717) is 23.2 Å². The lowest BCUT2D eigenvalue weighted by molar-refractivity contribution is 0.168. The Hall–Kier alpha value is -1.76. The molecule has 0 bridgehead atoms. The molecule has 0 unspecified atom stereocenters. The van der Waals surface area contributed by atoms with E-state index in [-0.39, 0.29) is 0 Å². The van der Waals surface area contributed by atoms with E-state index in [1.807, 2.05) is 13.8 Å². The van der Waals surface area contributed by atoms with Gasteiger partial charge in [-0.1, -0.05) is 11.3 Å². The minimum Gasteiger partial charge on any atom is -0.450 e. The van der Waals surface area contributed by atoms with Crippen molar-refractivity contribution in [2.75, 3.05) is 11.9 Å². The number of amides is 1. The Morgan fingerprint density at radius 3 is 2.82 bits per heavy atom. The number of hydrogen-bond donors (Lipinski definition) is 1. The van der Waals surface area contributed by atoms with Gasteiger partial charge in [-0.25, -0.2) is 14.8 Å². The number of nitrogens with one attached hydrogen (secondary N) is 1. The molecule has 0 aliphatic rings. The van der Waals surface area contributed by atoms with Crippen LogP contribution in [0, 0.1) is 13.8 Å². The van der Waals surface area contributed by atoms with Gasteiger partial charge in [0.15, 0.2) is 10.8 Å². The summed E-state index contributed by atoms with van der Waals surface area (Å²) in [7, 11) is 0. The molecule has 2 rings (SSSR count). The molecule has 6 nitrogen and oxygen atoms in total. The molecule has 1 N–H and O–H groups in total. The average Bonchev–Trinajstić information content (AvgIpc) is 2.60. The summed E-state index contributed by atoms with van der Waals surface area (Å²) >= 11 is 1.34. The van der Waals surface area contributed by atoms with Crippen LogP contribution in [-0.2, 0) is 4.74 Å². The van der Waals surface area contributed by atoms with Crippen LogP contribution in [-0.4, -0.2) is 27.7 Å². The number of ether oxygens (including phenoxy) is 1. The number of fused-ring (bicyclic) bond motifs is 1. The predicted octanol–water partition coefficient (Wildman–Crippen LogP) is 2.27. The third-order valence-corrected chi connectivity index (χ3v) is 3.09. The largest absolute Gasteiger partial charge is 0.450 e. The lowest BCUT2D eigenvalue weighted by Crippen LogP contribution is -2.12. The van der Waals surface area contributed by atoms with Crippen LogP contribution in [0.25, 0.3) is 10.3 Å². The van der Waals surface area contributed by atoms with Crippen molar-refractivity contribution in [3.8, 4) is 0 Å². The van der Waals surface area contributed by atoms with Crippen LogP contribution < -0.4 is 5.32 Å². The molecule has 0 atom stereocenters. The zero-order valence-corrected chi connectivity index (χ0v) is 10.6. The second kappa shape index (κ2) is 4.62. The van der Waals surface area contributed by atoms with Gasteiger partial charge in [-0.05, 0) is 20.8 Å². The highest BCUT2D eigenvalue weighted by atomic mass is 32.1. The minimum atomic E-state index is -0.506. The summed E-state index contributed by atoms with van der Waals surface area (Å²) in [4.78, 5) is 23.9. The lowest BCUT2D eigenvalue weighted by atomic mass is 10.4. The number of carbonyl (C=O) groups excluding carboxylic acids is 1. The van der Waals surface area contributed by atoms with Crippen LogP contribution in [0.3, 0.4) is 0 Å². The van der Waals surface area contributed by atoms with E-state index >= 15 is 0 Å². The van der Waals surface area contributed by atoms with Crippen LogP contribution >= 0.6 is 11.3 Å². The smallest absolute Gasteiger partial charge is 0.413 e. The Labute approximate surface area is 102 Å². The van der Waals surface area contributed by atoms with Crippen LogP contribution in [0.2, 0.25) is 0 Å². The first-order chi connectivity index (χ1) is 8.10. The highest BCUT2D eigenvalue weighted by Crippen LogP contribution is 2.26. The lowest BCUT2D eigenvalue weighted by Gasteiger charge is -1.99. The Kier molecular flexibility index (Phi) is 3.19. The fourth-order valence-corrected chi connectivity index (χ4v) is 2.24. The molecule has 17 heavy (non-hydrogen) atoms. The van der Waals surface area contributed by atoms with Crippen molar-refractivity contribution in [3.63, 3.8) is 0 Å². The number of thiazole rings is 1. The number of aromatic nitrogens is 3. The Balaban J connectivity index is 2.32. The summed E-state index contributed by atoms with van der Waals surface area (Å²) < 4.78 is 5.65. The first-order valence-electron chi connectivity index (χ1n) is 5.15. The summed E-state index contributed by atoms with van der Waals surface area (Å²) in [5.74, 6) is 0.669. The van der Waals surface area contributed by atoms with Gasteiger partial charge in [-0.15, -0.1) is 0 Å². The van der Waals surface area contributed by atoms with Crippen molar-refractivity contribution < 1.29 is 9.53 Å². The van der Waals surface area contributed by atoms with Crippen molar-refractivity contribution in [2.45, 2.75) is 20.8 Å². The third kappa shape index (κ3) is 2.50. The first kappa shape index (κ1) is 11.7. The molecule has 7 heteroatoms. The van der Waals surface area contributed by atoms with Gasteiger partial charge in [0.2, 0.25) is 0 Å². The number of carbonyl (C=O) groups is 1. The molecule has 2 aromatic heterocycles. The SMILES string of the molecule is CCOC(=O)Nc1nc2nc(C)nc(C)c2s1. The predicted molar refractivity (Wildman–Crippen MR) is 65.3 cm³/mol. The molecule has 0 saturated heterocycles. The maximum Gasteiger partial charge on any atom is 0.413 e. The standard InChI is InChI=1S/C10H12N4O2S/c1-4-16-10(15)14-9-13-8-7(17-9)5(2)11-6(3)12-8/h4H2,1-3H3,(H,11,12,13,14,15). The van der Waals surface area contributed by atoms with Crippen molar-refractivity contribution >= 4 is 32.9 Å². The molecule has 0 aromatic carbocycles. The van der Waals surface area contributed by atoms with E-state index in [0.717, 1.165) is 10.4 Å². The van der Waals surface area contributed by atoms with Gasteiger partial charge < -0.3 is 4.74 Å². The number of nitrogens with zero attached hydrogens (tertiary/aromatic N) is 3. The van der Waals surface area contributed by atoms with E-state index in [1.165, 1.54) is 11.3 Å². The molecular weight excluding hydrogens is 240 g/mol. The van der Waals surface area contributed by atoms with Crippen molar-refractivity contribution in [1.29, 1.82) is 0 Å². The zero-order valence-electron chi connectivity index (χ0n) is 9.77. The molecule has 2 heterocycles. The summed E-state index contributed by atoms with van der Waals surface area (Å²) in [6.07, 6.45) is -0.506. The second-order valence-corrected chi connectivity index (χ2v) is 4.37. The topological polar surface area (TPSA) is 77.0 Å². The molecule has 0 radical (unpaired) electrons. The second-order valence-electron chi connectivity index (χ2n) is 3.37. The zero-order chi connectivity index (χ0) is 12.4. The van der Waals surface area contributed by atoms with E-state index in [1.54, 1.807) is 6.92 Å². The monoisotopic (exact) mass is 252 g/mol. The van der Waals surface area contributed by atoms with E-state index in [2.05, 4.69) is 20.3 Å². The molecule has 0 spiro atoms. The average molecular weight is 252 g/mol. The highest BCUT2D eigenvalue weighted by Gasteiger charge is 2.11. The van der Waals surface area contributed by atoms with Gasteiger partial charge in [0.1, 0.15) is 5.82 Å². The molecule has 0 saturated carbocycles. The number of aryl methyl sites for hydroxylation is 2. The number of rotatable bonds is 2. The fraction of sp³-hybridized carbons (Fsp3) is 0.400. The Morgan fingerprint density at radius 1 is 1.35 bits per heavy atom. The van der Waals surface area contributed by atoms with Gasteiger partial charge in [0.05, 0.1) is 17.0 Å². The van der Waals surface area contributed by atoms with Gasteiger partial charge in [0.25, 0.3) is 0 Å². The third-order valence-electron chi connectivity index (χ3n) is 2.02. The Bertz CT molecular complexity index is 567. The van der Waals surface area contributed by atoms with E-state index in [4.69, 9.17) is 4.74 Å². The normalized spacial score (nSPS) is 10.5. The Morgan fingerprint density at radius 2 is 2.12 bits per heavy atom. The maximum atomic E-state index is 11.2. The maximum absolute atomic E-state index is 11.2. The first-order valence-corrected chi connectivity index (χ1v) is 5.97. The van der Waals surface area contributed by atoms with Crippen LogP contribution in [0.4, 0.5) is 9.93 Å². The van der Waals surface area contributed by atoms with Gasteiger partial charge >= 0.3 is 6.09 Å². The summed E-state index contributed by atoms with van der Waals surface area (Å²) in [5, 5.41) is 3.03. The summed E-state index contributed by atoms with van der Waals surface area (Å²) in [5.41, 5.74) is 1.47. The molecule has 90 valence electrons. The molecule has 1 amide bonds. The van der Waals surface area contributed by atoms with Crippen molar-refractivity contribution in [2.24, 2.45) is 0 Å². The summed E-state index contributed by atoms with van der Waals surface area (Å²) in [6.45, 7) is 5.78. The van der Waals surface area contributed by atoms with Crippen LogP contribution in [0.5, 0.6) is 0 Å². The van der Waals surface area contributed by atoms with Gasteiger partial charge in [0, 0.05) is 0 Å². The number of hydrogen-bond acceptors (Lipinski definition) is 6. The summed E-state index contributed by atoms with van der Waals surface area (Å²) in [6, 6.07) is 0.